The third-order valence-electron chi connectivity index (χ3n) is 3.85. The summed E-state index contributed by atoms with van der Waals surface area (Å²) in [5, 5.41) is 6.22. The minimum absolute atomic E-state index is 0.118. The molecule has 0 spiro atoms. The lowest BCUT2D eigenvalue weighted by Gasteiger charge is -2.17. The summed E-state index contributed by atoms with van der Waals surface area (Å²) < 4.78 is 5.00. The molecule has 1 aromatic carbocycles. The fourth-order valence-electron chi connectivity index (χ4n) is 2.38. The van der Waals surface area contributed by atoms with Gasteiger partial charge in [-0.2, -0.15) is 0 Å². The van der Waals surface area contributed by atoms with Crippen molar-refractivity contribution in [2.45, 2.75) is 26.3 Å². The van der Waals surface area contributed by atoms with Crippen molar-refractivity contribution in [3.8, 4) is 0 Å². The van der Waals surface area contributed by atoms with Gasteiger partial charge in [0.05, 0.1) is 22.5 Å². The molecule has 29 heavy (non-hydrogen) atoms. The standard InChI is InChI=1S/C19H18Cl3N3O4/c1-10-14(21)8-23-19(18(10)22)25-16(27)9-29-17(28)7-15(24-11(2)26)12-3-5-13(20)6-4-12/h3-6,8,15H,7,9H2,1-2H3,(H,24,26)(H,23,25,27). The molecule has 0 aliphatic carbocycles. The molecule has 0 radical (unpaired) electrons. The zero-order chi connectivity index (χ0) is 21.6. The highest BCUT2D eigenvalue weighted by atomic mass is 35.5. The summed E-state index contributed by atoms with van der Waals surface area (Å²) in [4.78, 5) is 39.6. The summed E-state index contributed by atoms with van der Waals surface area (Å²) in [7, 11) is 0. The lowest BCUT2D eigenvalue weighted by atomic mass is 10.0. The number of amides is 2. The van der Waals surface area contributed by atoms with E-state index in [0.29, 0.717) is 21.2 Å². The first-order valence-electron chi connectivity index (χ1n) is 8.46. The number of esters is 1. The molecule has 0 saturated carbocycles. The molecule has 0 saturated heterocycles. The number of benzene rings is 1. The lowest BCUT2D eigenvalue weighted by molar-refractivity contribution is -0.148. The SMILES string of the molecule is CC(=O)NC(CC(=O)OCC(=O)Nc1ncc(Cl)c(C)c1Cl)c1ccc(Cl)cc1. The number of rotatable bonds is 7. The van der Waals surface area contributed by atoms with Gasteiger partial charge in [0.1, 0.15) is 0 Å². The van der Waals surface area contributed by atoms with Crippen molar-refractivity contribution >= 4 is 58.4 Å². The molecule has 0 aliphatic rings. The minimum atomic E-state index is -0.666. The molecule has 7 nitrogen and oxygen atoms in total. The van der Waals surface area contributed by atoms with Crippen molar-refractivity contribution in [2.75, 3.05) is 11.9 Å². The maximum absolute atomic E-state index is 12.2. The maximum Gasteiger partial charge on any atom is 0.308 e. The molecule has 1 unspecified atom stereocenters. The van der Waals surface area contributed by atoms with Gasteiger partial charge in [0.25, 0.3) is 5.91 Å². The van der Waals surface area contributed by atoms with Crippen LogP contribution in [0.4, 0.5) is 5.82 Å². The number of anilines is 1. The molecule has 154 valence electrons. The number of hydrogen-bond acceptors (Lipinski definition) is 5. The van der Waals surface area contributed by atoms with E-state index in [9.17, 15) is 14.4 Å². The van der Waals surface area contributed by atoms with Gasteiger partial charge in [-0.1, -0.05) is 46.9 Å². The van der Waals surface area contributed by atoms with Gasteiger partial charge < -0.3 is 15.4 Å². The molecule has 2 rings (SSSR count). The Morgan fingerprint density at radius 3 is 2.41 bits per heavy atom. The van der Waals surface area contributed by atoms with Crippen LogP contribution < -0.4 is 10.6 Å². The van der Waals surface area contributed by atoms with E-state index < -0.39 is 24.5 Å². The summed E-state index contributed by atoms with van der Waals surface area (Å²) in [5.41, 5.74) is 1.25. The van der Waals surface area contributed by atoms with Gasteiger partial charge in [0, 0.05) is 18.1 Å². The normalized spacial score (nSPS) is 11.5. The molecule has 2 aromatic rings. The van der Waals surface area contributed by atoms with E-state index in [4.69, 9.17) is 39.5 Å². The second kappa shape index (κ2) is 10.4. The van der Waals surface area contributed by atoms with E-state index in [-0.39, 0.29) is 23.2 Å². The second-order valence-corrected chi connectivity index (χ2v) is 7.33. The van der Waals surface area contributed by atoms with Crippen LogP contribution in [0, 0.1) is 6.92 Å². The highest BCUT2D eigenvalue weighted by Gasteiger charge is 2.19. The number of nitrogens with one attached hydrogen (secondary N) is 2. The van der Waals surface area contributed by atoms with Crippen LogP contribution in [0.3, 0.4) is 0 Å². The number of carbonyl (C=O) groups excluding carboxylic acids is 3. The van der Waals surface area contributed by atoms with Crippen molar-refractivity contribution in [3.63, 3.8) is 0 Å². The van der Waals surface area contributed by atoms with Crippen LogP contribution in [0.1, 0.15) is 30.5 Å². The number of nitrogens with zero attached hydrogens (tertiary/aromatic N) is 1. The van der Waals surface area contributed by atoms with Crippen molar-refractivity contribution in [1.29, 1.82) is 0 Å². The molecule has 2 N–H and O–H groups in total. The van der Waals surface area contributed by atoms with Gasteiger partial charge in [-0.3, -0.25) is 14.4 Å². The minimum Gasteiger partial charge on any atom is -0.455 e. The molecule has 0 fully saturated rings. The average molecular weight is 459 g/mol. The summed E-state index contributed by atoms with van der Waals surface area (Å²) in [6, 6.07) is 6.07. The Morgan fingerprint density at radius 2 is 1.79 bits per heavy atom. The van der Waals surface area contributed by atoms with Gasteiger partial charge in [-0.25, -0.2) is 4.98 Å². The van der Waals surface area contributed by atoms with E-state index in [1.165, 1.54) is 13.1 Å². The first-order valence-corrected chi connectivity index (χ1v) is 9.59. The van der Waals surface area contributed by atoms with Gasteiger partial charge in [0.15, 0.2) is 12.4 Å². The topological polar surface area (TPSA) is 97.4 Å². The molecule has 1 atom stereocenters. The highest BCUT2D eigenvalue weighted by Crippen LogP contribution is 2.28. The Morgan fingerprint density at radius 1 is 1.14 bits per heavy atom. The zero-order valence-corrected chi connectivity index (χ0v) is 17.9. The van der Waals surface area contributed by atoms with Crippen molar-refractivity contribution in [3.05, 3.63) is 56.7 Å². The van der Waals surface area contributed by atoms with Crippen molar-refractivity contribution < 1.29 is 19.1 Å². The van der Waals surface area contributed by atoms with Gasteiger partial charge >= 0.3 is 5.97 Å². The Labute approximate surface area is 182 Å². The van der Waals surface area contributed by atoms with Crippen LogP contribution in [0.5, 0.6) is 0 Å². The van der Waals surface area contributed by atoms with E-state index in [1.807, 2.05) is 0 Å². The summed E-state index contributed by atoms with van der Waals surface area (Å²) >= 11 is 17.8. The number of pyridine rings is 1. The van der Waals surface area contributed by atoms with Gasteiger partial charge in [-0.15, -0.1) is 0 Å². The smallest absolute Gasteiger partial charge is 0.308 e. The van der Waals surface area contributed by atoms with E-state index >= 15 is 0 Å². The molecule has 0 aliphatic heterocycles. The number of ether oxygens (including phenoxy) is 1. The zero-order valence-electron chi connectivity index (χ0n) is 15.6. The van der Waals surface area contributed by atoms with Crippen molar-refractivity contribution in [1.82, 2.24) is 10.3 Å². The van der Waals surface area contributed by atoms with Crippen LogP contribution in [-0.2, 0) is 19.1 Å². The molecule has 1 heterocycles. The number of halogens is 3. The molecular weight excluding hydrogens is 441 g/mol. The second-order valence-electron chi connectivity index (χ2n) is 6.11. The summed E-state index contributed by atoms with van der Waals surface area (Å²) in [6.07, 6.45) is 1.20. The molecule has 1 aromatic heterocycles. The quantitative estimate of drug-likeness (QED) is 0.609. The van der Waals surface area contributed by atoms with Crippen LogP contribution >= 0.6 is 34.8 Å². The third kappa shape index (κ3) is 6.88. The van der Waals surface area contributed by atoms with Crippen molar-refractivity contribution in [2.24, 2.45) is 0 Å². The Bertz CT molecular complexity index is 920. The Hall–Kier alpha value is -2.35. The summed E-state index contributed by atoms with van der Waals surface area (Å²) in [5.74, 6) is -1.47. The third-order valence-corrected chi connectivity index (χ3v) is 4.94. The first kappa shape index (κ1) is 22.9. The average Bonchev–Trinajstić information content (AvgIpc) is 2.66. The van der Waals surface area contributed by atoms with Gasteiger partial charge in [0.2, 0.25) is 5.91 Å². The molecule has 0 bridgehead atoms. The van der Waals surface area contributed by atoms with E-state index in [0.717, 1.165) is 0 Å². The monoisotopic (exact) mass is 457 g/mol. The maximum atomic E-state index is 12.2. The van der Waals surface area contributed by atoms with E-state index in [1.54, 1.807) is 31.2 Å². The van der Waals surface area contributed by atoms with Crippen LogP contribution in [-0.4, -0.2) is 29.4 Å². The molecule has 2 amide bonds. The van der Waals surface area contributed by atoms with Crippen LogP contribution in [0.25, 0.3) is 0 Å². The predicted molar refractivity (Wildman–Crippen MR) is 111 cm³/mol. The predicted octanol–water partition coefficient (Wildman–Crippen LogP) is 4.10. The Kier molecular flexibility index (Phi) is 8.25. The fraction of sp³-hybridized carbons (Fsp3) is 0.263. The van der Waals surface area contributed by atoms with Crippen LogP contribution in [0.15, 0.2) is 30.5 Å². The fourth-order valence-corrected chi connectivity index (χ4v) is 2.89. The largest absolute Gasteiger partial charge is 0.455 e. The number of aromatic nitrogens is 1. The highest BCUT2D eigenvalue weighted by molar-refractivity contribution is 6.37. The number of hydrogen-bond donors (Lipinski definition) is 2. The number of carbonyl (C=O) groups is 3. The van der Waals surface area contributed by atoms with Crippen LogP contribution in [0.2, 0.25) is 15.1 Å². The Balaban J connectivity index is 1.94. The summed E-state index contributed by atoms with van der Waals surface area (Å²) in [6.45, 7) is 2.49. The molecular formula is C19H18Cl3N3O4. The molecule has 10 heteroatoms. The van der Waals surface area contributed by atoms with Gasteiger partial charge in [-0.05, 0) is 30.2 Å². The first-order chi connectivity index (χ1) is 13.7. The lowest BCUT2D eigenvalue weighted by Crippen LogP contribution is -2.29. The van der Waals surface area contributed by atoms with E-state index in [2.05, 4.69) is 15.6 Å².